The van der Waals surface area contributed by atoms with Crippen molar-refractivity contribution in [2.45, 2.75) is 6.92 Å². The van der Waals surface area contributed by atoms with E-state index >= 15 is 0 Å². The lowest BCUT2D eigenvalue weighted by Crippen LogP contribution is -2.19. The second-order valence-corrected chi connectivity index (χ2v) is 6.43. The van der Waals surface area contributed by atoms with Crippen LogP contribution < -0.4 is 16.4 Å². The number of halogens is 1. The van der Waals surface area contributed by atoms with Crippen LogP contribution in [0.4, 0.5) is 26.4 Å². The van der Waals surface area contributed by atoms with Crippen LogP contribution in [-0.2, 0) is 0 Å². The molecule has 4 rings (SSSR count). The summed E-state index contributed by atoms with van der Waals surface area (Å²) in [5, 5.41) is 5.35. The van der Waals surface area contributed by atoms with Gasteiger partial charge in [-0.2, -0.15) is 0 Å². The van der Waals surface area contributed by atoms with Gasteiger partial charge >= 0.3 is 6.03 Å². The number of urea groups is 1. The molecule has 2 aromatic heterocycles. The van der Waals surface area contributed by atoms with Crippen molar-refractivity contribution in [2.75, 3.05) is 16.4 Å². The maximum absolute atomic E-state index is 13.6. The summed E-state index contributed by atoms with van der Waals surface area (Å²) in [6.07, 6.45) is 3.55. The average molecular weight is 375 g/mol. The quantitative estimate of drug-likeness (QED) is 0.486. The number of fused-ring (bicyclic) bond motifs is 1. The van der Waals surface area contributed by atoms with Crippen molar-refractivity contribution in [1.82, 2.24) is 9.38 Å². The van der Waals surface area contributed by atoms with Gasteiger partial charge in [-0.05, 0) is 48.4 Å². The Kier molecular flexibility index (Phi) is 4.41. The molecule has 0 bridgehead atoms. The molecule has 0 saturated carbocycles. The fourth-order valence-electron chi connectivity index (χ4n) is 3.01. The van der Waals surface area contributed by atoms with Crippen LogP contribution in [0.1, 0.15) is 5.56 Å². The van der Waals surface area contributed by atoms with Crippen molar-refractivity contribution in [1.29, 1.82) is 0 Å². The summed E-state index contributed by atoms with van der Waals surface area (Å²) in [6.45, 7) is 1.67. The van der Waals surface area contributed by atoms with Crippen molar-refractivity contribution < 1.29 is 9.18 Å². The maximum Gasteiger partial charge on any atom is 0.323 e. The van der Waals surface area contributed by atoms with Gasteiger partial charge < -0.3 is 20.8 Å². The van der Waals surface area contributed by atoms with E-state index < -0.39 is 6.03 Å². The zero-order valence-electron chi connectivity index (χ0n) is 15.1. The molecule has 0 aliphatic heterocycles. The second kappa shape index (κ2) is 7.03. The number of benzene rings is 2. The largest absolute Gasteiger partial charge is 0.382 e. The van der Waals surface area contributed by atoms with Crippen LogP contribution >= 0.6 is 0 Å². The fourth-order valence-corrected chi connectivity index (χ4v) is 3.01. The Labute approximate surface area is 160 Å². The first-order valence-electron chi connectivity index (χ1n) is 8.67. The average Bonchev–Trinajstić information content (AvgIpc) is 3.07. The topological polar surface area (TPSA) is 84.5 Å². The first-order chi connectivity index (χ1) is 13.5. The number of amides is 2. The highest BCUT2D eigenvalue weighted by Crippen LogP contribution is 2.28. The number of pyridine rings is 1. The van der Waals surface area contributed by atoms with Gasteiger partial charge in [0, 0.05) is 23.1 Å². The van der Waals surface area contributed by atoms with E-state index in [0.29, 0.717) is 22.8 Å². The Bertz CT molecular complexity index is 1170. The number of hydrogen-bond donors (Lipinski definition) is 3. The first kappa shape index (κ1) is 17.5. The number of hydrogen-bond acceptors (Lipinski definition) is 3. The van der Waals surface area contributed by atoms with E-state index in [2.05, 4.69) is 15.6 Å². The Hall–Kier alpha value is -3.87. The molecule has 2 amide bonds. The van der Waals surface area contributed by atoms with Gasteiger partial charge in [0.2, 0.25) is 0 Å². The Morgan fingerprint density at radius 2 is 1.79 bits per heavy atom. The minimum atomic E-state index is -0.446. The Morgan fingerprint density at radius 1 is 1.07 bits per heavy atom. The summed E-state index contributed by atoms with van der Waals surface area (Å²) in [6, 6.07) is 15.4. The minimum Gasteiger partial charge on any atom is -0.382 e. The van der Waals surface area contributed by atoms with E-state index in [4.69, 9.17) is 5.73 Å². The molecule has 0 aliphatic rings. The SMILES string of the molecule is Cc1ccc(NC(=O)Nc2ccc(-c3cccn4cnc(N)c34)cc2)cc1F. The minimum absolute atomic E-state index is 0.365. The molecule has 6 nitrogen and oxygen atoms in total. The van der Waals surface area contributed by atoms with E-state index in [1.165, 1.54) is 6.07 Å². The number of nitrogens with one attached hydrogen (secondary N) is 2. The first-order valence-corrected chi connectivity index (χ1v) is 8.67. The van der Waals surface area contributed by atoms with Crippen LogP contribution in [0.25, 0.3) is 16.6 Å². The van der Waals surface area contributed by atoms with Gasteiger partial charge in [0.15, 0.2) is 0 Å². The van der Waals surface area contributed by atoms with Crippen molar-refractivity contribution in [3.63, 3.8) is 0 Å². The third kappa shape index (κ3) is 3.37. The number of carbonyl (C=O) groups excluding carboxylic acids is 1. The van der Waals surface area contributed by atoms with E-state index in [9.17, 15) is 9.18 Å². The fraction of sp³-hybridized carbons (Fsp3) is 0.0476. The number of nitrogens with zero attached hydrogens (tertiary/aromatic N) is 2. The monoisotopic (exact) mass is 375 g/mol. The number of anilines is 3. The maximum atomic E-state index is 13.6. The molecule has 28 heavy (non-hydrogen) atoms. The van der Waals surface area contributed by atoms with E-state index in [0.717, 1.165) is 16.6 Å². The zero-order chi connectivity index (χ0) is 19.7. The third-order valence-electron chi connectivity index (χ3n) is 4.47. The molecule has 2 heterocycles. The molecule has 0 spiro atoms. The van der Waals surface area contributed by atoms with Crippen LogP contribution in [0.3, 0.4) is 0 Å². The second-order valence-electron chi connectivity index (χ2n) is 6.43. The smallest absolute Gasteiger partial charge is 0.323 e. The number of aryl methyl sites for hydroxylation is 1. The molecule has 0 fully saturated rings. The highest BCUT2D eigenvalue weighted by molar-refractivity contribution is 6.00. The van der Waals surface area contributed by atoms with Crippen molar-refractivity contribution in [3.05, 3.63) is 78.5 Å². The summed E-state index contributed by atoms with van der Waals surface area (Å²) in [5.74, 6) is 0.0954. The van der Waals surface area contributed by atoms with Crippen molar-refractivity contribution >= 4 is 28.7 Å². The van der Waals surface area contributed by atoms with Crippen LogP contribution in [0.5, 0.6) is 0 Å². The van der Waals surface area contributed by atoms with Gasteiger partial charge in [0.05, 0.1) is 5.52 Å². The molecule has 2 aromatic carbocycles. The van der Waals surface area contributed by atoms with Gasteiger partial charge in [-0.3, -0.25) is 0 Å². The van der Waals surface area contributed by atoms with Gasteiger partial charge in [0.25, 0.3) is 0 Å². The summed E-state index contributed by atoms with van der Waals surface area (Å²) in [7, 11) is 0. The lowest BCUT2D eigenvalue weighted by Gasteiger charge is -2.10. The molecule has 0 aliphatic carbocycles. The number of aromatic nitrogens is 2. The molecule has 4 aromatic rings. The van der Waals surface area contributed by atoms with Crippen LogP contribution in [0, 0.1) is 12.7 Å². The molecule has 0 atom stereocenters. The summed E-state index contributed by atoms with van der Waals surface area (Å²) in [4.78, 5) is 16.3. The lowest BCUT2D eigenvalue weighted by atomic mass is 10.1. The number of nitrogens with two attached hydrogens (primary N) is 1. The highest BCUT2D eigenvalue weighted by Gasteiger charge is 2.09. The van der Waals surface area contributed by atoms with E-state index in [-0.39, 0.29) is 5.82 Å². The van der Waals surface area contributed by atoms with Gasteiger partial charge in [-0.1, -0.05) is 24.3 Å². The van der Waals surface area contributed by atoms with Gasteiger partial charge in [-0.15, -0.1) is 0 Å². The highest BCUT2D eigenvalue weighted by atomic mass is 19.1. The van der Waals surface area contributed by atoms with Crippen LogP contribution in [0.15, 0.2) is 67.1 Å². The molecular formula is C21H18FN5O. The summed E-state index contributed by atoms with van der Waals surface area (Å²) < 4.78 is 15.5. The zero-order valence-corrected chi connectivity index (χ0v) is 15.1. The predicted molar refractivity (Wildman–Crippen MR) is 109 cm³/mol. The van der Waals surface area contributed by atoms with Crippen molar-refractivity contribution in [3.8, 4) is 11.1 Å². The molecule has 4 N–H and O–H groups in total. The molecular weight excluding hydrogens is 357 g/mol. The predicted octanol–water partition coefficient (Wildman–Crippen LogP) is 4.68. The van der Waals surface area contributed by atoms with E-state index in [1.807, 2.05) is 34.9 Å². The summed E-state index contributed by atoms with van der Waals surface area (Å²) >= 11 is 0. The lowest BCUT2D eigenvalue weighted by molar-refractivity contribution is 0.262. The number of nitrogen functional groups attached to an aromatic ring is 1. The number of rotatable bonds is 3. The van der Waals surface area contributed by atoms with Crippen LogP contribution in [-0.4, -0.2) is 15.4 Å². The summed E-state index contributed by atoms with van der Waals surface area (Å²) in [5.41, 5.74) is 10.2. The molecule has 0 unspecified atom stereocenters. The number of carbonyl (C=O) groups is 1. The Balaban J connectivity index is 1.51. The third-order valence-corrected chi connectivity index (χ3v) is 4.47. The van der Waals surface area contributed by atoms with Crippen LogP contribution in [0.2, 0.25) is 0 Å². The normalized spacial score (nSPS) is 10.8. The van der Waals surface area contributed by atoms with Gasteiger partial charge in [0.1, 0.15) is 18.0 Å². The van der Waals surface area contributed by atoms with Gasteiger partial charge in [-0.25, -0.2) is 14.2 Å². The Morgan fingerprint density at radius 3 is 2.54 bits per heavy atom. The molecule has 7 heteroatoms. The molecule has 140 valence electrons. The standard InChI is InChI=1S/C21H18FN5O/c1-13-4-7-16(11-18(13)22)26-21(28)25-15-8-5-14(6-9-15)17-3-2-10-27-12-24-20(23)19(17)27/h2-12H,23H2,1H3,(H2,25,26,28). The van der Waals surface area contributed by atoms with Crippen molar-refractivity contribution in [2.24, 2.45) is 0 Å². The molecule has 0 saturated heterocycles. The number of imidazole rings is 1. The van der Waals surface area contributed by atoms with E-state index in [1.54, 1.807) is 37.5 Å². The molecule has 0 radical (unpaired) electrons.